The molecule has 0 aromatic carbocycles. The molecule has 0 spiro atoms. The normalized spacial score (nSPS) is 18.3. The Morgan fingerprint density at radius 1 is 1.38 bits per heavy atom. The van der Waals surface area contributed by atoms with E-state index in [1.807, 2.05) is 0 Å². The Morgan fingerprint density at radius 3 is 2.78 bits per heavy atom. The molecule has 0 saturated carbocycles. The zero-order chi connectivity index (χ0) is 22.4. The van der Waals surface area contributed by atoms with Gasteiger partial charge in [0.25, 0.3) is 0 Å². The Kier molecular flexibility index (Phi) is 5.10. The molecule has 2 N–H and O–H groups in total. The van der Waals surface area contributed by atoms with E-state index in [1.54, 1.807) is 10.3 Å². The van der Waals surface area contributed by atoms with Gasteiger partial charge in [0.2, 0.25) is 11.3 Å². The number of ether oxygens (including phenoxy) is 1. The number of anilines is 1. The molecule has 0 bridgehead atoms. The first-order valence-electron chi connectivity index (χ1n) is 9.95. The third-order valence-electron chi connectivity index (χ3n) is 5.62. The van der Waals surface area contributed by atoms with Crippen LogP contribution in [0.1, 0.15) is 16.8 Å². The third-order valence-corrected chi connectivity index (χ3v) is 6.39. The Balaban J connectivity index is 1.45. The number of carboxylic acid groups (broad SMARTS) is 1. The number of halogens is 1. The van der Waals surface area contributed by atoms with Gasteiger partial charge >= 0.3 is 5.97 Å². The number of fused-ring (bicyclic) bond motifs is 1. The van der Waals surface area contributed by atoms with E-state index in [-0.39, 0.29) is 47.9 Å². The molecular formula is C20H18FN5O5S. The van der Waals surface area contributed by atoms with E-state index in [0.29, 0.717) is 18.3 Å². The number of hydrogen-bond donors (Lipinski definition) is 2. The molecule has 2 saturated heterocycles. The maximum absolute atomic E-state index is 14.9. The van der Waals surface area contributed by atoms with E-state index in [2.05, 4.69) is 15.3 Å². The number of rotatable bonds is 6. The largest absolute Gasteiger partial charge is 0.477 e. The van der Waals surface area contributed by atoms with Crippen molar-refractivity contribution in [2.45, 2.75) is 12.5 Å². The maximum Gasteiger partial charge on any atom is 0.341 e. The topological polar surface area (TPSA) is 127 Å². The predicted octanol–water partition coefficient (Wildman–Crippen LogP) is 1.02. The van der Waals surface area contributed by atoms with Crippen LogP contribution in [0.5, 0.6) is 0 Å². The fourth-order valence-corrected chi connectivity index (χ4v) is 4.31. The highest BCUT2D eigenvalue weighted by Gasteiger charge is 2.36. The van der Waals surface area contributed by atoms with Gasteiger partial charge in [-0.1, -0.05) is 0 Å². The molecule has 166 valence electrons. The average Bonchev–Trinajstić information content (AvgIpc) is 3.21. The van der Waals surface area contributed by atoms with Crippen LogP contribution in [0.3, 0.4) is 0 Å². The van der Waals surface area contributed by atoms with Gasteiger partial charge in [0.05, 0.1) is 17.4 Å². The third kappa shape index (κ3) is 3.50. The molecule has 0 radical (unpaired) electrons. The van der Waals surface area contributed by atoms with Gasteiger partial charge in [-0.05, 0) is 12.5 Å². The summed E-state index contributed by atoms with van der Waals surface area (Å²) < 4.78 is 21.5. The molecule has 5 heterocycles. The molecule has 2 fully saturated rings. The van der Waals surface area contributed by atoms with Crippen molar-refractivity contribution in [1.29, 1.82) is 0 Å². The van der Waals surface area contributed by atoms with Crippen molar-refractivity contribution in [2.24, 2.45) is 5.92 Å². The lowest BCUT2D eigenvalue weighted by Gasteiger charge is -2.39. The van der Waals surface area contributed by atoms with Crippen LogP contribution >= 0.6 is 11.3 Å². The number of amides is 1. The molecule has 1 unspecified atom stereocenters. The first-order valence-corrected chi connectivity index (χ1v) is 10.8. The lowest BCUT2D eigenvalue weighted by molar-refractivity contribution is -0.127. The number of thiazole rings is 1. The second kappa shape index (κ2) is 7.95. The molecule has 12 heteroatoms. The van der Waals surface area contributed by atoms with Crippen molar-refractivity contribution in [1.82, 2.24) is 19.9 Å². The first-order chi connectivity index (χ1) is 15.4. The lowest BCUT2D eigenvalue weighted by atomic mass is 9.98. The quantitative estimate of drug-likeness (QED) is 0.560. The highest BCUT2D eigenvalue weighted by molar-refractivity contribution is 7.12. The van der Waals surface area contributed by atoms with Gasteiger partial charge in [-0.15, -0.1) is 11.3 Å². The van der Waals surface area contributed by atoms with Crippen LogP contribution in [0.25, 0.3) is 16.2 Å². The molecule has 32 heavy (non-hydrogen) atoms. The van der Waals surface area contributed by atoms with Crippen LogP contribution in [-0.4, -0.2) is 63.9 Å². The molecular weight excluding hydrogens is 441 g/mol. The highest BCUT2D eigenvalue weighted by atomic mass is 32.1. The zero-order valence-corrected chi connectivity index (χ0v) is 17.5. The van der Waals surface area contributed by atoms with Gasteiger partial charge in [-0.3, -0.25) is 14.2 Å². The monoisotopic (exact) mass is 459 g/mol. The van der Waals surface area contributed by atoms with Crippen molar-refractivity contribution in [2.75, 3.05) is 31.1 Å². The van der Waals surface area contributed by atoms with E-state index >= 15 is 0 Å². The number of hydrogen-bond acceptors (Lipinski definition) is 8. The fourth-order valence-electron chi connectivity index (χ4n) is 3.69. The number of carbonyl (C=O) groups is 2. The van der Waals surface area contributed by atoms with Gasteiger partial charge in [0.15, 0.2) is 22.4 Å². The van der Waals surface area contributed by atoms with Crippen molar-refractivity contribution in [3.8, 4) is 5.13 Å². The van der Waals surface area contributed by atoms with Gasteiger partial charge in [0, 0.05) is 44.0 Å². The van der Waals surface area contributed by atoms with Crippen molar-refractivity contribution >= 4 is 40.1 Å². The summed E-state index contributed by atoms with van der Waals surface area (Å²) in [4.78, 5) is 46.5. The Labute approximate surface area is 184 Å². The predicted molar refractivity (Wildman–Crippen MR) is 113 cm³/mol. The van der Waals surface area contributed by atoms with Crippen LogP contribution in [0.2, 0.25) is 0 Å². The van der Waals surface area contributed by atoms with Crippen LogP contribution in [0.4, 0.5) is 10.2 Å². The second-order valence-electron chi connectivity index (χ2n) is 7.66. The van der Waals surface area contributed by atoms with E-state index < -0.39 is 22.8 Å². The second-order valence-corrected chi connectivity index (χ2v) is 8.53. The lowest BCUT2D eigenvalue weighted by Crippen LogP contribution is -2.55. The van der Waals surface area contributed by atoms with E-state index in [9.17, 15) is 23.9 Å². The summed E-state index contributed by atoms with van der Waals surface area (Å²) in [7, 11) is 0. The van der Waals surface area contributed by atoms with Crippen molar-refractivity contribution < 1.29 is 23.8 Å². The summed E-state index contributed by atoms with van der Waals surface area (Å²) in [6, 6.07) is 0.998. The van der Waals surface area contributed by atoms with Crippen LogP contribution < -0.4 is 15.6 Å². The number of carbonyl (C=O) groups excluding carboxylic acids is 1. The Morgan fingerprint density at radius 2 is 2.16 bits per heavy atom. The molecule has 3 aromatic rings. The minimum absolute atomic E-state index is 0.00310. The number of nitrogens with zero attached hydrogens (tertiary/aromatic N) is 4. The summed E-state index contributed by atoms with van der Waals surface area (Å²) >= 11 is 1.22. The molecule has 1 amide bonds. The van der Waals surface area contributed by atoms with Crippen LogP contribution in [0, 0.1) is 11.7 Å². The molecule has 3 aromatic heterocycles. The maximum atomic E-state index is 14.9. The molecule has 0 aliphatic carbocycles. The Hall–Kier alpha value is -3.38. The molecule has 5 rings (SSSR count). The summed E-state index contributed by atoms with van der Waals surface area (Å²) in [6.07, 6.45) is 3.67. The van der Waals surface area contributed by atoms with E-state index in [1.165, 1.54) is 22.1 Å². The first kappa shape index (κ1) is 20.5. The number of aromatic nitrogens is 3. The summed E-state index contributed by atoms with van der Waals surface area (Å²) in [5.41, 5.74) is -1.23. The van der Waals surface area contributed by atoms with E-state index in [0.717, 1.165) is 18.7 Å². The molecule has 2 aliphatic heterocycles. The van der Waals surface area contributed by atoms with Gasteiger partial charge in [-0.25, -0.2) is 19.2 Å². The molecule has 1 atom stereocenters. The zero-order valence-electron chi connectivity index (χ0n) is 16.7. The minimum atomic E-state index is -1.42. The summed E-state index contributed by atoms with van der Waals surface area (Å²) in [5, 5.41) is 14.2. The van der Waals surface area contributed by atoms with Gasteiger partial charge < -0.3 is 20.1 Å². The van der Waals surface area contributed by atoms with Gasteiger partial charge in [-0.2, -0.15) is 0 Å². The number of aromatic carboxylic acids is 1. The number of nitrogens with one attached hydrogen (secondary N) is 1. The highest BCUT2D eigenvalue weighted by Crippen LogP contribution is 2.29. The minimum Gasteiger partial charge on any atom is -0.477 e. The molecule has 2 aliphatic rings. The van der Waals surface area contributed by atoms with Crippen molar-refractivity contribution in [3.63, 3.8) is 0 Å². The smallest absolute Gasteiger partial charge is 0.341 e. The Bertz CT molecular complexity index is 1270. The molecule has 10 nitrogen and oxygen atoms in total. The SMILES string of the molecule is O=C(O)c1cn(-c2nccs2)c2nc(N3CC(C(=O)NCC4CCO4)C3)c(F)cc2c1=O. The average molecular weight is 459 g/mol. The number of carboxylic acids is 1. The van der Waals surface area contributed by atoms with Crippen LogP contribution in [-0.2, 0) is 9.53 Å². The van der Waals surface area contributed by atoms with Gasteiger partial charge in [0.1, 0.15) is 5.56 Å². The van der Waals surface area contributed by atoms with E-state index in [4.69, 9.17) is 4.74 Å². The van der Waals surface area contributed by atoms with Crippen molar-refractivity contribution in [3.05, 3.63) is 45.4 Å². The standard InChI is InChI=1S/C20H18FN5O5S/c21-14-5-12-15(27)13(19(29)30)9-26(20-22-2-4-32-20)16(12)24-17(14)25-7-10(8-25)18(28)23-6-11-1-3-31-11/h2,4-5,9-11H,1,3,6-8H2,(H,23,28)(H,29,30). The fraction of sp³-hybridized carbons (Fsp3) is 0.350. The summed E-state index contributed by atoms with van der Waals surface area (Å²) in [6.45, 7) is 1.73. The number of pyridine rings is 2. The van der Waals surface area contributed by atoms with Crippen LogP contribution in [0.15, 0.2) is 28.6 Å². The summed E-state index contributed by atoms with van der Waals surface area (Å²) in [5.74, 6) is -2.61.